The molecule has 1 saturated carbocycles. The summed E-state index contributed by atoms with van der Waals surface area (Å²) in [7, 11) is 0. The SMILES string of the molecule is CCC(NC(=O)[C@@H]1C[C@@H](OC(C)(C)C)CN1C(=O)[C@@H](NC(=O)Cc1ccccc1CC(=O)O)C1CCCCC1)C(=O)C(=O)NCC(=O)N[C@H](C(N)=O)c1ccccc1. The molecular formula is C42H56N6O10. The number of likely N-dealkylation sites (tertiary alicyclic amines) is 1. The van der Waals surface area contributed by atoms with Crippen LogP contribution in [-0.4, -0.2) is 100 Å². The van der Waals surface area contributed by atoms with E-state index in [2.05, 4.69) is 21.3 Å². The Kier molecular flexibility index (Phi) is 16.1. The number of aliphatic carboxylic acids is 1. The maximum atomic E-state index is 14.6. The monoisotopic (exact) mass is 804 g/mol. The van der Waals surface area contributed by atoms with Crippen LogP contribution in [0.2, 0.25) is 0 Å². The fourth-order valence-electron chi connectivity index (χ4n) is 7.57. The van der Waals surface area contributed by atoms with Crippen molar-refractivity contribution in [2.45, 2.75) is 121 Å². The van der Waals surface area contributed by atoms with Crippen molar-refractivity contribution in [1.29, 1.82) is 0 Å². The van der Waals surface area contributed by atoms with E-state index in [1.807, 2.05) is 20.8 Å². The van der Waals surface area contributed by atoms with Crippen LogP contribution < -0.4 is 27.0 Å². The molecule has 0 aromatic heterocycles. The Balaban J connectivity index is 1.48. The number of nitrogens with two attached hydrogens (primary N) is 1. The third-order valence-electron chi connectivity index (χ3n) is 10.3. The van der Waals surface area contributed by atoms with Gasteiger partial charge in [0.15, 0.2) is 0 Å². The molecule has 0 spiro atoms. The van der Waals surface area contributed by atoms with Crippen LogP contribution >= 0.6 is 0 Å². The molecule has 16 nitrogen and oxygen atoms in total. The first-order valence-electron chi connectivity index (χ1n) is 19.8. The van der Waals surface area contributed by atoms with Crippen molar-refractivity contribution in [3.05, 3.63) is 71.3 Å². The number of primary amides is 1. The second-order valence-corrected chi connectivity index (χ2v) is 15.9. The largest absolute Gasteiger partial charge is 0.481 e. The van der Waals surface area contributed by atoms with E-state index in [0.717, 1.165) is 19.3 Å². The van der Waals surface area contributed by atoms with E-state index in [1.54, 1.807) is 61.5 Å². The predicted octanol–water partition coefficient (Wildman–Crippen LogP) is 1.63. The molecule has 0 radical (unpaired) electrons. The van der Waals surface area contributed by atoms with Crippen LogP contribution in [0.5, 0.6) is 0 Å². The zero-order valence-corrected chi connectivity index (χ0v) is 33.6. The van der Waals surface area contributed by atoms with Crippen LogP contribution in [0.1, 0.15) is 95.4 Å². The van der Waals surface area contributed by atoms with Crippen molar-refractivity contribution in [3.63, 3.8) is 0 Å². The highest BCUT2D eigenvalue weighted by Gasteiger charge is 2.46. The molecule has 6 amide bonds. The number of nitrogens with one attached hydrogen (secondary N) is 4. The topological polar surface area (TPSA) is 243 Å². The van der Waals surface area contributed by atoms with Gasteiger partial charge in [0.2, 0.25) is 35.3 Å². The lowest BCUT2D eigenvalue weighted by atomic mass is 9.83. The van der Waals surface area contributed by atoms with E-state index in [9.17, 15) is 43.5 Å². The average Bonchev–Trinajstić information content (AvgIpc) is 3.60. The molecule has 0 bridgehead atoms. The zero-order chi connectivity index (χ0) is 42.6. The number of benzene rings is 2. The third kappa shape index (κ3) is 12.9. The van der Waals surface area contributed by atoms with Gasteiger partial charge in [0.1, 0.15) is 18.1 Å². The van der Waals surface area contributed by atoms with Gasteiger partial charge in [-0.3, -0.25) is 38.4 Å². The molecule has 2 aromatic carbocycles. The molecule has 58 heavy (non-hydrogen) atoms. The van der Waals surface area contributed by atoms with Crippen LogP contribution in [-0.2, 0) is 55.9 Å². The van der Waals surface area contributed by atoms with Gasteiger partial charge in [-0.15, -0.1) is 0 Å². The minimum atomic E-state index is -1.31. The lowest BCUT2D eigenvalue weighted by Crippen LogP contribution is -2.58. The summed E-state index contributed by atoms with van der Waals surface area (Å²) in [6, 6.07) is 10.4. The number of rotatable bonds is 18. The molecule has 5 atom stereocenters. The normalized spacial score (nSPS) is 18.6. The predicted molar refractivity (Wildman–Crippen MR) is 211 cm³/mol. The van der Waals surface area contributed by atoms with Gasteiger partial charge in [0, 0.05) is 13.0 Å². The van der Waals surface area contributed by atoms with Gasteiger partial charge in [-0.05, 0) is 62.6 Å². The minimum Gasteiger partial charge on any atom is -0.481 e. The molecule has 314 valence electrons. The smallest absolute Gasteiger partial charge is 0.307 e. The van der Waals surface area contributed by atoms with Crippen molar-refractivity contribution < 1.29 is 48.2 Å². The molecule has 1 heterocycles. The Labute approximate surface area is 338 Å². The number of carbonyl (C=O) groups is 8. The van der Waals surface area contributed by atoms with Crippen molar-refractivity contribution in [2.75, 3.05) is 13.1 Å². The van der Waals surface area contributed by atoms with Crippen molar-refractivity contribution >= 4 is 47.2 Å². The summed E-state index contributed by atoms with van der Waals surface area (Å²) >= 11 is 0. The van der Waals surface area contributed by atoms with E-state index >= 15 is 0 Å². The molecule has 1 saturated heterocycles. The van der Waals surface area contributed by atoms with Crippen LogP contribution in [0.25, 0.3) is 0 Å². The quantitative estimate of drug-likeness (QED) is 0.119. The van der Waals surface area contributed by atoms with Crippen molar-refractivity contribution in [1.82, 2.24) is 26.2 Å². The fraction of sp³-hybridized carbons (Fsp3) is 0.524. The van der Waals surface area contributed by atoms with Gasteiger partial charge in [-0.1, -0.05) is 80.8 Å². The lowest BCUT2D eigenvalue weighted by molar-refractivity contribution is -0.144. The molecule has 2 fully saturated rings. The van der Waals surface area contributed by atoms with Gasteiger partial charge in [-0.25, -0.2) is 0 Å². The molecule has 2 aliphatic rings. The summed E-state index contributed by atoms with van der Waals surface area (Å²) in [5.41, 5.74) is 6.28. The third-order valence-corrected chi connectivity index (χ3v) is 10.3. The summed E-state index contributed by atoms with van der Waals surface area (Å²) in [6.07, 6.45) is 3.15. The number of hydrogen-bond acceptors (Lipinski definition) is 9. The molecular weight excluding hydrogens is 748 g/mol. The molecule has 7 N–H and O–H groups in total. The summed E-state index contributed by atoms with van der Waals surface area (Å²) in [6.45, 7) is 6.51. The summed E-state index contributed by atoms with van der Waals surface area (Å²) in [5.74, 6) is -6.66. The van der Waals surface area contributed by atoms with E-state index in [4.69, 9.17) is 10.5 Å². The van der Waals surface area contributed by atoms with Crippen LogP contribution in [0.4, 0.5) is 0 Å². The highest BCUT2D eigenvalue weighted by atomic mass is 16.5. The summed E-state index contributed by atoms with van der Waals surface area (Å²) < 4.78 is 6.22. The first kappa shape index (κ1) is 45.1. The zero-order valence-electron chi connectivity index (χ0n) is 33.6. The van der Waals surface area contributed by atoms with Gasteiger partial charge < -0.3 is 41.7 Å². The number of carboxylic acid groups (broad SMARTS) is 1. The van der Waals surface area contributed by atoms with Gasteiger partial charge >= 0.3 is 5.97 Å². The van der Waals surface area contributed by atoms with E-state index in [0.29, 0.717) is 29.5 Å². The first-order chi connectivity index (χ1) is 27.5. The maximum Gasteiger partial charge on any atom is 0.307 e. The van der Waals surface area contributed by atoms with E-state index in [-0.39, 0.29) is 38.1 Å². The second kappa shape index (κ2) is 20.7. The Morgan fingerprint density at radius 1 is 0.845 bits per heavy atom. The van der Waals surface area contributed by atoms with Gasteiger partial charge in [0.05, 0.1) is 37.1 Å². The highest BCUT2D eigenvalue weighted by molar-refractivity contribution is 6.38. The molecule has 1 unspecified atom stereocenters. The fourth-order valence-corrected chi connectivity index (χ4v) is 7.57. The molecule has 16 heteroatoms. The summed E-state index contributed by atoms with van der Waals surface area (Å²) in [5, 5.41) is 19.6. The molecule has 1 aliphatic carbocycles. The van der Waals surface area contributed by atoms with E-state index < -0.39 is 89.6 Å². The van der Waals surface area contributed by atoms with Crippen LogP contribution in [0.15, 0.2) is 54.6 Å². The molecule has 4 rings (SSSR count). The number of amides is 6. The number of carbonyl (C=O) groups excluding carboxylic acids is 7. The Morgan fingerprint density at radius 2 is 1.47 bits per heavy atom. The van der Waals surface area contributed by atoms with Gasteiger partial charge in [0.25, 0.3) is 5.91 Å². The Morgan fingerprint density at radius 3 is 2.05 bits per heavy atom. The standard InChI is InChI=1S/C42H56N6O10/c1-5-30(37(53)40(56)44-23-33(50)47-35(38(43)54)25-14-8-6-9-15-25)45-39(55)31-22-29(58-42(2,3)4)24-48(31)41(57)36(26-16-10-7-11-17-26)46-32(49)20-27-18-12-13-19-28(27)21-34(51)52/h6,8-9,12-15,18-19,26,29-31,35-36H,5,7,10-11,16-17,20-24H2,1-4H3,(H2,43,54)(H,44,56)(H,45,55)(H,46,49)(H,47,50)(H,51,52)/t29-,30?,31+,35+,36+/m1/s1. The number of nitrogens with zero attached hydrogens (tertiary/aromatic N) is 1. The number of Topliss-reactive ketones (excluding diaryl/α,β-unsaturated/α-hetero) is 1. The van der Waals surface area contributed by atoms with Crippen molar-refractivity contribution in [3.8, 4) is 0 Å². The number of carboxylic acids is 1. The Bertz CT molecular complexity index is 1820. The number of hydrogen-bond donors (Lipinski definition) is 6. The number of ether oxygens (including phenoxy) is 1. The average molecular weight is 805 g/mol. The Hall–Kier alpha value is -5.64. The number of ketones is 1. The molecule has 2 aromatic rings. The van der Waals surface area contributed by atoms with E-state index in [1.165, 1.54) is 4.90 Å². The van der Waals surface area contributed by atoms with Crippen molar-refractivity contribution in [2.24, 2.45) is 11.7 Å². The van der Waals surface area contributed by atoms with Crippen LogP contribution in [0, 0.1) is 5.92 Å². The molecule has 1 aliphatic heterocycles. The first-order valence-corrected chi connectivity index (χ1v) is 19.8. The maximum absolute atomic E-state index is 14.6. The second-order valence-electron chi connectivity index (χ2n) is 15.9. The van der Waals surface area contributed by atoms with Gasteiger partial charge in [-0.2, -0.15) is 0 Å². The lowest BCUT2D eigenvalue weighted by Gasteiger charge is -2.35. The minimum absolute atomic E-state index is 0.00857. The summed E-state index contributed by atoms with van der Waals surface area (Å²) in [4.78, 5) is 106. The highest BCUT2D eigenvalue weighted by Crippen LogP contribution is 2.31. The van der Waals surface area contributed by atoms with Crippen LogP contribution in [0.3, 0.4) is 0 Å².